The molecule has 0 aromatic heterocycles. The maximum absolute atomic E-state index is 12.7. The van der Waals surface area contributed by atoms with Gasteiger partial charge in [-0.1, -0.05) is 30.3 Å². The highest BCUT2D eigenvalue weighted by atomic mass is 35.5. The fraction of sp³-hybridized carbons (Fsp3) is 0.600. The zero-order valence-electron chi connectivity index (χ0n) is 15.4. The van der Waals surface area contributed by atoms with Crippen LogP contribution in [0.25, 0.3) is 0 Å². The van der Waals surface area contributed by atoms with Crippen LogP contribution in [0.4, 0.5) is 0 Å². The van der Waals surface area contributed by atoms with Crippen LogP contribution in [0, 0.1) is 5.92 Å². The van der Waals surface area contributed by atoms with Gasteiger partial charge in [-0.15, -0.1) is 12.4 Å². The van der Waals surface area contributed by atoms with Crippen LogP contribution in [0.15, 0.2) is 30.3 Å². The largest absolute Gasteiger partial charge is 0.349 e. The van der Waals surface area contributed by atoms with Crippen molar-refractivity contribution < 1.29 is 9.59 Å². The Morgan fingerprint density at radius 3 is 2.35 bits per heavy atom. The molecule has 3 rings (SSSR count). The van der Waals surface area contributed by atoms with Gasteiger partial charge in [0.25, 0.3) is 0 Å². The molecule has 2 N–H and O–H groups in total. The Kier molecular flexibility index (Phi) is 7.91. The fourth-order valence-corrected chi connectivity index (χ4v) is 3.47. The molecule has 6 heteroatoms. The number of hydrogen-bond acceptors (Lipinski definition) is 3. The molecule has 26 heavy (non-hydrogen) atoms. The van der Waals surface area contributed by atoms with E-state index in [4.69, 9.17) is 0 Å². The van der Waals surface area contributed by atoms with E-state index >= 15 is 0 Å². The van der Waals surface area contributed by atoms with Crippen LogP contribution in [0.3, 0.4) is 0 Å². The number of piperidine rings is 1. The summed E-state index contributed by atoms with van der Waals surface area (Å²) in [4.78, 5) is 26.2. The van der Waals surface area contributed by atoms with Crippen molar-refractivity contribution in [1.82, 2.24) is 15.5 Å². The van der Waals surface area contributed by atoms with Crippen molar-refractivity contribution in [1.29, 1.82) is 0 Å². The third-order valence-corrected chi connectivity index (χ3v) is 5.20. The summed E-state index contributed by atoms with van der Waals surface area (Å²) in [6.07, 6.45) is 5.11. The average molecular weight is 380 g/mol. The van der Waals surface area contributed by atoms with Gasteiger partial charge in [-0.3, -0.25) is 9.59 Å². The first-order valence-electron chi connectivity index (χ1n) is 9.45. The highest BCUT2D eigenvalue weighted by molar-refractivity contribution is 5.85. The lowest BCUT2D eigenvalue weighted by Gasteiger charge is -2.33. The SMILES string of the molecule is CC(=O)NC(CC(=O)N1CCC(NCC2CC2)CC1)c1ccccc1.Cl. The number of nitrogens with zero attached hydrogens (tertiary/aromatic N) is 1. The Morgan fingerprint density at radius 1 is 1.12 bits per heavy atom. The first-order valence-corrected chi connectivity index (χ1v) is 9.45. The second kappa shape index (κ2) is 9.93. The van der Waals surface area contributed by atoms with Crippen molar-refractivity contribution in [2.75, 3.05) is 19.6 Å². The molecule has 0 bridgehead atoms. The highest BCUT2D eigenvalue weighted by Gasteiger charge is 2.27. The number of likely N-dealkylation sites (tertiary alicyclic amines) is 1. The van der Waals surface area contributed by atoms with Gasteiger partial charge in [0.1, 0.15) is 0 Å². The Hall–Kier alpha value is -1.59. The van der Waals surface area contributed by atoms with Crippen LogP contribution < -0.4 is 10.6 Å². The van der Waals surface area contributed by atoms with Crippen LogP contribution in [0.2, 0.25) is 0 Å². The van der Waals surface area contributed by atoms with Gasteiger partial charge in [-0.25, -0.2) is 0 Å². The number of hydrogen-bond donors (Lipinski definition) is 2. The number of carbonyl (C=O) groups is 2. The molecule has 1 saturated carbocycles. The molecule has 0 radical (unpaired) electrons. The zero-order chi connectivity index (χ0) is 17.6. The third-order valence-electron chi connectivity index (χ3n) is 5.20. The predicted octanol–water partition coefficient (Wildman–Crippen LogP) is 2.67. The van der Waals surface area contributed by atoms with Crippen molar-refractivity contribution in [2.45, 2.75) is 51.1 Å². The van der Waals surface area contributed by atoms with E-state index in [0.29, 0.717) is 12.5 Å². The quantitative estimate of drug-likeness (QED) is 0.765. The minimum atomic E-state index is -0.253. The molecule has 1 heterocycles. The van der Waals surface area contributed by atoms with Crippen molar-refractivity contribution in [3.05, 3.63) is 35.9 Å². The summed E-state index contributed by atoms with van der Waals surface area (Å²) >= 11 is 0. The van der Waals surface area contributed by atoms with Gasteiger partial charge < -0.3 is 15.5 Å². The molecule has 2 aliphatic rings. The van der Waals surface area contributed by atoms with Crippen LogP contribution >= 0.6 is 12.4 Å². The molecule has 2 fully saturated rings. The Balaban J connectivity index is 0.00000243. The number of benzene rings is 1. The summed E-state index contributed by atoms with van der Waals surface area (Å²) in [5, 5.41) is 6.56. The highest BCUT2D eigenvalue weighted by Crippen LogP contribution is 2.28. The predicted molar refractivity (Wildman–Crippen MR) is 105 cm³/mol. The Bertz CT molecular complexity index is 584. The number of amides is 2. The van der Waals surface area contributed by atoms with Crippen LogP contribution in [-0.4, -0.2) is 42.4 Å². The first kappa shape index (κ1) is 20.7. The van der Waals surface area contributed by atoms with E-state index in [0.717, 1.165) is 44.0 Å². The maximum atomic E-state index is 12.7. The van der Waals surface area contributed by atoms with Crippen molar-refractivity contribution in [2.24, 2.45) is 5.92 Å². The lowest BCUT2D eigenvalue weighted by Crippen LogP contribution is -2.46. The zero-order valence-corrected chi connectivity index (χ0v) is 16.3. The molecule has 1 aliphatic heterocycles. The van der Waals surface area contributed by atoms with Gasteiger partial charge in [-0.05, 0) is 43.7 Å². The summed E-state index contributed by atoms with van der Waals surface area (Å²) in [6.45, 7) is 4.25. The van der Waals surface area contributed by atoms with Crippen LogP contribution in [0.5, 0.6) is 0 Å². The topological polar surface area (TPSA) is 61.4 Å². The summed E-state index contributed by atoms with van der Waals surface area (Å²) < 4.78 is 0. The number of nitrogens with one attached hydrogen (secondary N) is 2. The summed E-state index contributed by atoms with van der Waals surface area (Å²) in [5.74, 6) is 0.914. The van der Waals surface area contributed by atoms with Crippen molar-refractivity contribution in [3.8, 4) is 0 Å². The van der Waals surface area contributed by atoms with E-state index in [2.05, 4.69) is 10.6 Å². The third kappa shape index (κ3) is 6.29. The van der Waals surface area contributed by atoms with E-state index in [1.165, 1.54) is 19.8 Å². The molecule has 1 aliphatic carbocycles. The van der Waals surface area contributed by atoms with Gasteiger partial charge in [-0.2, -0.15) is 0 Å². The molecule has 1 unspecified atom stereocenters. The summed E-state index contributed by atoms with van der Waals surface area (Å²) in [5.41, 5.74) is 0.979. The lowest BCUT2D eigenvalue weighted by atomic mass is 10.0. The molecule has 5 nitrogen and oxygen atoms in total. The van der Waals surface area contributed by atoms with E-state index < -0.39 is 0 Å². The first-order chi connectivity index (χ1) is 12.1. The molecular weight excluding hydrogens is 350 g/mol. The van der Waals surface area contributed by atoms with Gasteiger partial charge in [0.05, 0.1) is 12.5 Å². The monoisotopic (exact) mass is 379 g/mol. The number of rotatable bonds is 7. The summed E-state index contributed by atoms with van der Waals surface area (Å²) in [6, 6.07) is 10.0. The molecule has 2 amide bonds. The maximum Gasteiger partial charge on any atom is 0.224 e. The van der Waals surface area contributed by atoms with E-state index in [1.807, 2.05) is 35.2 Å². The van der Waals surface area contributed by atoms with E-state index in [9.17, 15) is 9.59 Å². The lowest BCUT2D eigenvalue weighted by molar-refractivity contribution is -0.133. The normalized spacial score (nSPS) is 18.7. The Morgan fingerprint density at radius 2 is 1.77 bits per heavy atom. The van der Waals surface area contributed by atoms with Crippen molar-refractivity contribution >= 4 is 24.2 Å². The fourth-order valence-electron chi connectivity index (χ4n) is 3.47. The molecule has 1 saturated heterocycles. The molecule has 1 atom stereocenters. The standard InChI is InChI=1S/C20H29N3O2.ClH/c1-15(24)22-19(17-5-3-2-4-6-17)13-20(25)23-11-9-18(10-12-23)21-14-16-7-8-16;/h2-6,16,18-19,21H,7-14H2,1H3,(H,22,24);1H. The second-order valence-corrected chi connectivity index (χ2v) is 7.37. The van der Waals surface area contributed by atoms with Crippen LogP contribution in [0.1, 0.15) is 50.6 Å². The average Bonchev–Trinajstić information content (AvgIpc) is 3.44. The van der Waals surface area contributed by atoms with Crippen LogP contribution in [-0.2, 0) is 9.59 Å². The van der Waals surface area contributed by atoms with E-state index in [-0.39, 0.29) is 30.3 Å². The van der Waals surface area contributed by atoms with E-state index in [1.54, 1.807) is 0 Å². The van der Waals surface area contributed by atoms with Gasteiger partial charge in [0.15, 0.2) is 0 Å². The molecular formula is C20H30ClN3O2. The molecule has 0 spiro atoms. The minimum absolute atomic E-state index is 0. The van der Waals surface area contributed by atoms with Gasteiger partial charge >= 0.3 is 0 Å². The number of carbonyl (C=O) groups excluding carboxylic acids is 2. The Labute approximate surface area is 162 Å². The molecule has 144 valence electrons. The molecule has 1 aromatic carbocycles. The smallest absolute Gasteiger partial charge is 0.224 e. The van der Waals surface area contributed by atoms with Gasteiger partial charge in [0, 0.05) is 26.1 Å². The van der Waals surface area contributed by atoms with Gasteiger partial charge in [0.2, 0.25) is 11.8 Å². The second-order valence-electron chi connectivity index (χ2n) is 7.37. The minimum Gasteiger partial charge on any atom is -0.349 e. The molecule has 1 aromatic rings. The van der Waals surface area contributed by atoms with Crippen molar-refractivity contribution in [3.63, 3.8) is 0 Å². The number of halogens is 1. The summed E-state index contributed by atoms with van der Waals surface area (Å²) in [7, 11) is 0.